The molecule has 0 fully saturated rings. The second kappa shape index (κ2) is 7.45. The summed E-state index contributed by atoms with van der Waals surface area (Å²) in [6.45, 7) is 0. The summed E-state index contributed by atoms with van der Waals surface area (Å²) < 4.78 is 1.76. The number of nitrogens with zero attached hydrogens (tertiary/aromatic N) is 4. The van der Waals surface area contributed by atoms with Crippen LogP contribution in [0.4, 0.5) is 0 Å². The smallest absolute Gasteiger partial charge is 0.167 e. The zero-order valence-electron chi connectivity index (χ0n) is 13.2. The number of thioether (sulfide) groups is 1. The van der Waals surface area contributed by atoms with Crippen molar-refractivity contribution in [3.8, 4) is 5.69 Å². The highest BCUT2D eigenvalue weighted by atomic mass is 35.5. The van der Waals surface area contributed by atoms with E-state index in [0.717, 1.165) is 27.3 Å². The minimum Gasteiger partial charge on any atom is -0.229 e. The minimum atomic E-state index is 0.608. The van der Waals surface area contributed by atoms with E-state index in [2.05, 4.69) is 15.1 Å². The molecule has 0 aliphatic carbocycles. The Morgan fingerprint density at radius 2 is 1.65 bits per heavy atom. The van der Waals surface area contributed by atoms with Crippen molar-refractivity contribution in [2.45, 2.75) is 10.8 Å². The maximum Gasteiger partial charge on any atom is 0.167 e. The Kier molecular flexibility index (Phi) is 5.05. The van der Waals surface area contributed by atoms with E-state index < -0.39 is 0 Å². The summed E-state index contributed by atoms with van der Waals surface area (Å²) in [5, 5.41) is 8.11. The van der Waals surface area contributed by atoms with Gasteiger partial charge in [-0.3, -0.25) is 0 Å². The number of fused-ring (bicyclic) bond motifs is 1. The van der Waals surface area contributed by atoms with Crippen LogP contribution in [-0.2, 0) is 5.75 Å². The standard InChI is InChI=1S/C18H11Cl3N4S/c19-11-4-6-12(7-5-11)25-17-13(8-24-25)18(23-10-22-17)26-9-14-15(20)2-1-3-16(14)21/h1-8,10H,9H2. The van der Waals surface area contributed by atoms with E-state index >= 15 is 0 Å². The van der Waals surface area contributed by atoms with E-state index in [1.165, 1.54) is 6.33 Å². The monoisotopic (exact) mass is 420 g/mol. The predicted octanol–water partition coefficient (Wildman–Crippen LogP) is 6.07. The zero-order valence-corrected chi connectivity index (χ0v) is 16.3. The Labute approximate surface area is 169 Å². The molecule has 4 nitrogen and oxygen atoms in total. The molecular weight excluding hydrogens is 411 g/mol. The fraction of sp³-hybridized carbons (Fsp3) is 0.0556. The number of halogens is 3. The quantitative estimate of drug-likeness (QED) is 0.296. The molecule has 4 aromatic rings. The van der Waals surface area contributed by atoms with Crippen molar-refractivity contribution < 1.29 is 0 Å². The van der Waals surface area contributed by atoms with Crippen molar-refractivity contribution >= 4 is 57.6 Å². The largest absolute Gasteiger partial charge is 0.229 e. The number of hydrogen-bond donors (Lipinski definition) is 0. The lowest BCUT2D eigenvalue weighted by atomic mass is 10.2. The Morgan fingerprint density at radius 3 is 2.38 bits per heavy atom. The van der Waals surface area contributed by atoms with Crippen LogP contribution in [-0.4, -0.2) is 19.7 Å². The Bertz CT molecular complexity index is 1060. The molecule has 0 spiro atoms. The fourth-order valence-corrected chi connectivity index (χ4v) is 4.35. The topological polar surface area (TPSA) is 43.6 Å². The summed E-state index contributed by atoms with van der Waals surface area (Å²) in [6, 6.07) is 12.9. The van der Waals surface area contributed by atoms with Crippen LogP contribution in [0.15, 0.2) is 60.0 Å². The van der Waals surface area contributed by atoms with Crippen molar-refractivity contribution in [1.29, 1.82) is 0 Å². The molecule has 2 aromatic heterocycles. The number of rotatable bonds is 4. The van der Waals surface area contributed by atoms with Gasteiger partial charge in [-0.2, -0.15) is 5.10 Å². The van der Waals surface area contributed by atoms with Gasteiger partial charge in [0.15, 0.2) is 5.65 Å². The van der Waals surface area contributed by atoms with Gasteiger partial charge in [-0.05, 0) is 42.0 Å². The lowest BCUT2D eigenvalue weighted by Crippen LogP contribution is -1.97. The van der Waals surface area contributed by atoms with Gasteiger partial charge >= 0.3 is 0 Å². The third kappa shape index (κ3) is 3.40. The minimum absolute atomic E-state index is 0.608. The maximum atomic E-state index is 6.25. The molecule has 0 unspecified atom stereocenters. The van der Waals surface area contributed by atoms with Gasteiger partial charge in [0, 0.05) is 20.8 Å². The number of benzene rings is 2. The molecule has 0 aliphatic rings. The second-order valence-corrected chi connectivity index (χ2v) is 7.65. The van der Waals surface area contributed by atoms with E-state index in [1.807, 2.05) is 42.5 Å². The van der Waals surface area contributed by atoms with E-state index in [0.29, 0.717) is 20.8 Å². The molecule has 2 aromatic carbocycles. The molecule has 0 saturated carbocycles. The summed E-state index contributed by atoms with van der Waals surface area (Å²) >= 11 is 20.0. The molecule has 0 saturated heterocycles. The van der Waals surface area contributed by atoms with Crippen LogP contribution in [0.3, 0.4) is 0 Å². The lowest BCUT2D eigenvalue weighted by molar-refractivity contribution is 0.893. The normalized spacial score (nSPS) is 11.2. The van der Waals surface area contributed by atoms with Crippen molar-refractivity contribution in [2.24, 2.45) is 0 Å². The highest BCUT2D eigenvalue weighted by Gasteiger charge is 2.13. The Hall–Kier alpha value is -1.79. The summed E-state index contributed by atoms with van der Waals surface area (Å²) in [4.78, 5) is 8.78. The maximum absolute atomic E-state index is 6.25. The van der Waals surface area contributed by atoms with Gasteiger partial charge in [-0.1, -0.05) is 40.9 Å². The Balaban J connectivity index is 1.68. The van der Waals surface area contributed by atoms with Crippen LogP contribution in [0.25, 0.3) is 16.7 Å². The average molecular weight is 422 g/mol. The van der Waals surface area contributed by atoms with Crippen LogP contribution < -0.4 is 0 Å². The third-order valence-corrected chi connectivity index (χ3v) is 5.81. The van der Waals surface area contributed by atoms with Gasteiger partial charge in [0.2, 0.25) is 0 Å². The first kappa shape index (κ1) is 17.6. The molecule has 8 heteroatoms. The van der Waals surface area contributed by atoms with Gasteiger partial charge in [0.25, 0.3) is 0 Å². The number of hydrogen-bond acceptors (Lipinski definition) is 4. The summed E-state index contributed by atoms with van der Waals surface area (Å²) in [7, 11) is 0. The highest BCUT2D eigenvalue weighted by molar-refractivity contribution is 7.98. The first-order valence-electron chi connectivity index (χ1n) is 7.64. The van der Waals surface area contributed by atoms with Crippen LogP contribution in [0, 0.1) is 0 Å². The molecule has 4 rings (SSSR count). The number of aromatic nitrogens is 4. The van der Waals surface area contributed by atoms with E-state index in [4.69, 9.17) is 34.8 Å². The molecule has 0 amide bonds. The summed E-state index contributed by atoms with van der Waals surface area (Å²) in [5.74, 6) is 0.608. The van der Waals surface area contributed by atoms with E-state index in [1.54, 1.807) is 22.6 Å². The van der Waals surface area contributed by atoms with Crippen LogP contribution >= 0.6 is 46.6 Å². The van der Waals surface area contributed by atoms with Crippen LogP contribution in [0.1, 0.15) is 5.56 Å². The SMILES string of the molecule is Clc1ccc(-n2ncc3c(SCc4c(Cl)cccc4Cl)ncnc32)cc1. The molecular formula is C18H11Cl3N4S. The first-order valence-corrected chi connectivity index (χ1v) is 9.76. The molecule has 0 bridgehead atoms. The third-order valence-electron chi connectivity index (χ3n) is 3.82. The molecule has 26 heavy (non-hydrogen) atoms. The fourth-order valence-electron chi connectivity index (χ4n) is 2.52. The first-order chi connectivity index (χ1) is 12.6. The van der Waals surface area contributed by atoms with Gasteiger partial charge in [0.1, 0.15) is 11.4 Å². The molecule has 0 aliphatic heterocycles. The second-order valence-electron chi connectivity index (χ2n) is 5.44. The van der Waals surface area contributed by atoms with Crippen LogP contribution in [0.2, 0.25) is 15.1 Å². The van der Waals surface area contributed by atoms with E-state index in [9.17, 15) is 0 Å². The van der Waals surface area contributed by atoms with Crippen molar-refractivity contribution in [1.82, 2.24) is 19.7 Å². The molecule has 0 radical (unpaired) electrons. The molecule has 130 valence electrons. The Morgan fingerprint density at radius 1 is 0.923 bits per heavy atom. The summed E-state index contributed by atoms with van der Waals surface area (Å²) in [6.07, 6.45) is 3.30. The van der Waals surface area contributed by atoms with Gasteiger partial charge < -0.3 is 0 Å². The van der Waals surface area contributed by atoms with Crippen molar-refractivity contribution in [3.63, 3.8) is 0 Å². The molecule has 0 atom stereocenters. The van der Waals surface area contributed by atoms with Gasteiger partial charge in [0.05, 0.1) is 17.3 Å². The average Bonchev–Trinajstić information content (AvgIpc) is 3.07. The zero-order chi connectivity index (χ0) is 18.1. The van der Waals surface area contributed by atoms with Gasteiger partial charge in [-0.15, -0.1) is 11.8 Å². The lowest BCUT2D eigenvalue weighted by Gasteiger charge is -2.07. The summed E-state index contributed by atoms with van der Waals surface area (Å²) in [5.41, 5.74) is 2.50. The van der Waals surface area contributed by atoms with Crippen molar-refractivity contribution in [2.75, 3.05) is 0 Å². The van der Waals surface area contributed by atoms with E-state index in [-0.39, 0.29) is 0 Å². The highest BCUT2D eigenvalue weighted by Crippen LogP contribution is 2.33. The van der Waals surface area contributed by atoms with Crippen LogP contribution in [0.5, 0.6) is 0 Å². The predicted molar refractivity (Wildman–Crippen MR) is 108 cm³/mol. The van der Waals surface area contributed by atoms with Crippen molar-refractivity contribution in [3.05, 3.63) is 75.6 Å². The molecule has 0 N–H and O–H groups in total. The van der Waals surface area contributed by atoms with Gasteiger partial charge in [-0.25, -0.2) is 14.6 Å². The molecule has 2 heterocycles.